The molecule has 106 valence electrons. The van der Waals surface area contributed by atoms with Crippen molar-refractivity contribution in [2.45, 2.75) is 27.7 Å². The Kier molecular flexibility index (Phi) is 3.53. The normalized spacial score (nSPS) is 10.7. The summed E-state index contributed by atoms with van der Waals surface area (Å²) in [5.41, 5.74) is 3.71. The van der Waals surface area contributed by atoms with Crippen molar-refractivity contribution in [2.24, 2.45) is 7.05 Å². The molecule has 0 bridgehead atoms. The Morgan fingerprint density at radius 3 is 2.50 bits per heavy atom. The number of benzene rings is 1. The average Bonchev–Trinajstić information content (AvgIpc) is 2.60. The first-order valence-corrected chi connectivity index (χ1v) is 6.34. The molecule has 0 saturated heterocycles. The molecule has 0 aliphatic heterocycles. The number of hydrogen-bond acceptors (Lipinski definition) is 3. The highest BCUT2D eigenvalue weighted by molar-refractivity contribution is 5.91. The Balaban J connectivity index is 2.53. The van der Waals surface area contributed by atoms with Gasteiger partial charge in [0.25, 0.3) is 0 Å². The number of carbonyl (C=O) groups is 1. The van der Waals surface area contributed by atoms with E-state index in [0.717, 1.165) is 16.7 Å². The van der Waals surface area contributed by atoms with Gasteiger partial charge in [-0.2, -0.15) is 5.10 Å². The second kappa shape index (κ2) is 5.00. The maximum Gasteiger partial charge on any atom is 0.343 e. The third-order valence-electron chi connectivity index (χ3n) is 3.35. The summed E-state index contributed by atoms with van der Waals surface area (Å²) >= 11 is 0. The van der Waals surface area contributed by atoms with Crippen LogP contribution in [-0.2, 0) is 7.05 Å². The van der Waals surface area contributed by atoms with E-state index >= 15 is 0 Å². The summed E-state index contributed by atoms with van der Waals surface area (Å²) in [6, 6.07) is 3.96. The Hall–Kier alpha value is -2.30. The second-order valence-corrected chi connectivity index (χ2v) is 5.00. The van der Waals surface area contributed by atoms with Crippen molar-refractivity contribution in [1.82, 2.24) is 9.78 Å². The molecule has 0 amide bonds. The summed E-state index contributed by atoms with van der Waals surface area (Å²) in [5, 5.41) is 13.4. The van der Waals surface area contributed by atoms with Gasteiger partial charge in [0.15, 0.2) is 0 Å². The summed E-state index contributed by atoms with van der Waals surface area (Å²) in [6.45, 7) is 7.59. The van der Waals surface area contributed by atoms with Crippen LogP contribution in [0.2, 0.25) is 0 Å². The molecule has 1 heterocycles. The van der Waals surface area contributed by atoms with Gasteiger partial charge < -0.3 is 9.84 Å². The largest absolute Gasteiger partial charge is 0.477 e. The minimum atomic E-state index is -1.03. The first-order chi connectivity index (χ1) is 9.31. The number of nitrogens with zero attached hydrogens (tertiary/aromatic N) is 2. The van der Waals surface area contributed by atoms with Crippen molar-refractivity contribution in [3.63, 3.8) is 0 Å². The molecule has 1 aromatic heterocycles. The van der Waals surface area contributed by atoms with Crippen molar-refractivity contribution in [3.8, 4) is 11.6 Å². The highest BCUT2D eigenvalue weighted by Crippen LogP contribution is 2.31. The van der Waals surface area contributed by atoms with Crippen molar-refractivity contribution in [2.75, 3.05) is 0 Å². The number of ether oxygens (including phenoxy) is 1. The van der Waals surface area contributed by atoms with E-state index in [9.17, 15) is 9.90 Å². The number of carboxylic acids is 1. The predicted molar refractivity (Wildman–Crippen MR) is 75.6 cm³/mol. The van der Waals surface area contributed by atoms with Crippen LogP contribution in [0.15, 0.2) is 12.1 Å². The van der Waals surface area contributed by atoms with Gasteiger partial charge in [0.1, 0.15) is 11.3 Å². The molecule has 20 heavy (non-hydrogen) atoms. The molecular weight excluding hydrogens is 256 g/mol. The zero-order chi connectivity index (χ0) is 15.0. The van der Waals surface area contributed by atoms with Crippen LogP contribution in [0, 0.1) is 27.7 Å². The van der Waals surface area contributed by atoms with Gasteiger partial charge in [-0.25, -0.2) is 9.48 Å². The van der Waals surface area contributed by atoms with Crippen LogP contribution in [0.1, 0.15) is 32.7 Å². The number of aryl methyl sites for hydroxylation is 4. The molecule has 0 saturated carbocycles. The van der Waals surface area contributed by atoms with Crippen molar-refractivity contribution >= 4 is 5.97 Å². The predicted octanol–water partition coefficient (Wildman–Crippen LogP) is 3.14. The number of aromatic nitrogens is 2. The average molecular weight is 274 g/mol. The maximum atomic E-state index is 11.3. The van der Waals surface area contributed by atoms with E-state index in [2.05, 4.69) is 11.2 Å². The number of hydrogen-bond donors (Lipinski definition) is 1. The molecule has 0 unspecified atom stereocenters. The zero-order valence-electron chi connectivity index (χ0n) is 12.3. The summed E-state index contributed by atoms with van der Waals surface area (Å²) in [7, 11) is 1.67. The first kappa shape index (κ1) is 14.1. The molecule has 0 aliphatic rings. The SMILES string of the molecule is Cc1cc(C)c(C)c(Oc2c(C(=O)O)c(C)nn2C)c1. The van der Waals surface area contributed by atoms with E-state index in [0.29, 0.717) is 11.4 Å². The standard InChI is InChI=1S/C15H18N2O3/c1-8-6-9(2)10(3)12(7-8)20-14-13(15(18)19)11(4)16-17(14)5/h6-7H,1-5H3,(H,18,19). The van der Waals surface area contributed by atoms with Crippen LogP contribution < -0.4 is 4.74 Å². The lowest BCUT2D eigenvalue weighted by atomic mass is 10.1. The van der Waals surface area contributed by atoms with E-state index in [-0.39, 0.29) is 11.4 Å². The molecule has 0 radical (unpaired) electrons. The fourth-order valence-electron chi connectivity index (χ4n) is 2.21. The van der Waals surface area contributed by atoms with Crippen molar-refractivity contribution in [3.05, 3.63) is 40.1 Å². The van der Waals surface area contributed by atoms with Gasteiger partial charge in [-0.15, -0.1) is 0 Å². The maximum absolute atomic E-state index is 11.3. The van der Waals surface area contributed by atoms with Gasteiger partial charge in [0.05, 0.1) is 5.69 Å². The first-order valence-electron chi connectivity index (χ1n) is 6.34. The lowest BCUT2D eigenvalue weighted by Gasteiger charge is -2.12. The summed E-state index contributed by atoms with van der Waals surface area (Å²) in [5.74, 6) is -0.122. The summed E-state index contributed by atoms with van der Waals surface area (Å²) in [6.07, 6.45) is 0. The van der Waals surface area contributed by atoms with Gasteiger partial charge in [0.2, 0.25) is 5.88 Å². The minimum Gasteiger partial charge on any atom is -0.477 e. The third kappa shape index (κ3) is 2.39. The zero-order valence-corrected chi connectivity index (χ0v) is 12.3. The van der Waals surface area contributed by atoms with E-state index < -0.39 is 5.97 Å². The quantitative estimate of drug-likeness (QED) is 0.933. The minimum absolute atomic E-state index is 0.103. The van der Waals surface area contributed by atoms with Gasteiger partial charge in [-0.05, 0) is 50.5 Å². The van der Waals surface area contributed by atoms with Gasteiger partial charge >= 0.3 is 5.97 Å². The van der Waals surface area contributed by atoms with Crippen LogP contribution in [-0.4, -0.2) is 20.9 Å². The lowest BCUT2D eigenvalue weighted by molar-refractivity contribution is 0.0693. The fourth-order valence-corrected chi connectivity index (χ4v) is 2.21. The molecule has 2 aromatic rings. The topological polar surface area (TPSA) is 64.3 Å². The molecular formula is C15H18N2O3. The highest BCUT2D eigenvalue weighted by Gasteiger charge is 2.22. The Morgan fingerprint density at radius 2 is 1.90 bits per heavy atom. The molecule has 0 atom stereocenters. The van der Waals surface area contributed by atoms with E-state index in [1.165, 1.54) is 4.68 Å². The van der Waals surface area contributed by atoms with Gasteiger partial charge in [-0.3, -0.25) is 0 Å². The molecule has 2 rings (SSSR count). The molecule has 5 heteroatoms. The number of carboxylic acid groups (broad SMARTS) is 1. The van der Waals surface area contributed by atoms with Crippen LogP contribution in [0.3, 0.4) is 0 Å². The van der Waals surface area contributed by atoms with Crippen LogP contribution in [0.4, 0.5) is 0 Å². The van der Waals surface area contributed by atoms with E-state index in [1.54, 1.807) is 14.0 Å². The number of rotatable bonds is 3. The van der Waals surface area contributed by atoms with E-state index in [4.69, 9.17) is 4.74 Å². The molecule has 0 fully saturated rings. The lowest BCUT2D eigenvalue weighted by Crippen LogP contribution is -2.03. The molecule has 1 N–H and O–H groups in total. The van der Waals surface area contributed by atoms with Crippen LogP contribution >= 0.6 is 0 Å². The smallest absolute Gasteiger partial charge is 0.343 e. The Bertz CT molecular complexity index is 687. The van der Waals surface area contributed by atoms with E-state index in [1.807, 2.05) is 26.8 Å². The third-order valence-corrected chi connectivity index (χ3v) is 3.35. The van der Waals surface area contributed by atoms with Crippen LogP contribution in [0.5, 0.6) is 11.6 Å². The Morgan fingerprint density at radius 1 is 1.25 bits per heavy atom. The monoisotopic (exact) mass is 274 g/mol. The van der Waals surface area contributed by atoms with Crippen LogP contribution in [0.25, 0.3) is 0 Å². The summed E-state index contributed by atoms with van der Waals surface area (Å²) in [4.78, 5) is 11.3. The second-order valence-electron chi connectivity index (χ2n) is 5.00. The molecule has 1 aromatic carbocycles. The number of aromatic carboxylic acids is 1. The van der Waals surface area contributed by atoms with Crippen molar-refractivity contribution in [1.29, 1.82) is 0 Å². The van der Waals surface area contributed by atoms with Gasteiger partial charge in [0, 0.05) is 7.05 Å². The molecule has 0 spiro atoms. The van der Waals surface area contributed by atoms with Gasteiger partial charge in [-0.1, -0.05) is 6.07 Å². The molecule has 5 nitrogen and oxygen atoms in total. The summed E-state index contributed by atoms with van der Waals surface area (Å²) < 4.78 is 7.29. The highest BCUT2D eigenvalue weighted by atomic mass is 16.5. The Labute approximate surface area is 117 Å². The molecule has 0 aliphatic carbocycles. The fraction of sp³-hybridized carbons (Fsp3) is 0.333. The van der Waals surface area contributed by atoms with Crippen molar-refractivity contribution < 1.29 is 14.6 Å².